The molecule has 4 N–H and O–H groups in total. The minimum absolute atomic E-state index is 0.0735. The minimum Gasteiger partial charge on any atom is -0.368 e. The van der Waals surface area contributed by atoms with Crippen LogP contribution in [0.25, 0.3) is 12.2 Å². The zero-order chi connectivity index (χ0) is 13.1. The average molecular weight is 282 g/mol. The van der Waals surface area contributed by atoms with E-state index in [1.54, 1.807) is 30.4 Å². The molecule has 1 aromatic carbocycles. The lowest BCUT2D eigenvalue weighted by molar-refractivity contribution is 1.06. The normalized spacial score (nSPS) is 11.0. The van der Waals surface area contributed by atoms with E-state index in [0.717, 1.165) is 5.56 Å². The van der Waals surface area contributed by atoms with Crippen LogP contribution in [0.3, 0.4) is 0 Å². The third kappa shape index (κ3) is 3.09. The molecule has 0 aliphatic rings. The molecule has 0 aliphatic heterocycles. The van der Waals surface area contributed by atoms with Gasteiger partial charge >= 0.3 is 0 Å². The number of nitrogens with zero attached hydrogens (tertiary/aromatic N) is 3. The van der Waals surface area contributed by atoms with Crippen LogP contribution in [0.5, 0.6) is 0 Å². The van der Waals surface area contributed by atoms with Gasteiger partial charge in [-0.1, -0.05) is 29.3 Å². The second kappa shape index (κ2) is 5.20. The summed E-state index contributed by atoms with van der Waals surface area (Å²) in [5.74, 6) is 0.514. The summed E-state index contributed by atoms with van der Waals surface area (Å²) in [5, 5.41) is 1.11. The highest BCUT2D eigenvalue weighted by Gasteiger charge is 2.00. The predicted molar refractivity (Wildman–Crippen MR) is 74.0 cm³/mol. The van der Waals surface area contributed by atoms with E-state index in [4.69, 9.17) is 34.7 Å². The summed E-state index contributed by atoms with van der Waals surface area (Å²) in [4.78, 5) is 11.5. The maximum Gasteiger partial charge on any atom is 0.225 e. The van der Waals surface area contributed by atoms with Crippen molar-refractivity contribution >= 4 is 47.3 Å². The lowest BCUT2D eigenvalue weighted by Crippen LogP contribution is -2.04. The SMILES string of the molecule is Nc1nc(N)nc(/C=C/c2ccc(Cl)cc2Cl)n1. The zero-order valence-corrected chi connectivity index (χ0v) is 10.7. The molecule has 5 nitrogen and oxygen atoms in total. The third-order valence-electron chi connectivity index (χ3n) is 2.06. The summed E-state index contributed by atoms with van der Waals surface area (Å²) in [5.41, 5.74) is 11.7. The molecule has 0 bridgehead atoms. The molecule has 0 radical (unpaired) electrons. The van der Waals surface area contributed by atoms with Crippen molar-refractivity contribution in [3.05, 3.63) is 39.6 Å². The molecule has 0 atom stereocenters. The molecule has 2 aromatic rings. The van der Waals surface area contributed by atoms with E-state index in [-0.39, 0.29) is 11.9 Å². The van der Waals surface area contributed by atoms with Crippen LogP contribution in [0.4, 0.5) is 11.9 Å². The van der Waals surface area contributed by atoms with Gasteiger partial charge in [-0.2, -0.15) is 15.0 Å². The molecule has 0 fully saturated rings. The second-order valence-electron chi connectivity index (χ2n) is 3.41. The molecular weight excluding hydrogens is 273 g/mol. The van der Waals surface area contributed by atoms with Crippen molar-refractivity contribution in [2.75, 3.05) is 11.5 Å². The van der Waals surface area contributed by atoms with Gasteiger partial charge in [-0.15, -0.1) is 0 Å². The van der Waals surface area contributed by atoms with Gasteiger partial charge in [-0.05, 0) is 29.8 Å². The Labute approximate surface area is 113 Å². The minimum atomic E-state index is 0.0735. The van der Waals surface area contributed by atoms with Gasteiger partial charge in [0, 0.05) is 10.0 Å². The first-order chi connectivity index (χ1) is 8.54. The van der Waals surface area contributed by atoms with Crippen LogP contribution in [-0.4, -0.2) is 15.0 Å². The Kier molecular flexibility index (Phi) is 3.64. The van der Waals surface area contributed by atoms with Crippen molar-refractivity contribution in [3.8, 4) is 0 Å². The Balaban J connectivity index is 2.29. The van der Waals surface area contributed by atoms with Crippen LogP contribution in [0.2, 0.25) is 10.0 Å². The van der Waals surface area contributed by atoms with E-state index in [0.29, 0.717) is 15.9 Å². The molecular formula is C11H9Cl2N5. The topological polar surface area (TPSA) is 90.7 Å². The molecule has 0 unspecified atom stereocenters. The maximum atomic E-state index is 6.02. The summed E-state index contributed by atoms with van der Waals surface area (Å²) in [6.45, 7) is 0. The number of anilines is 2. The molecule has 18 heavy (non-hydrogen) atoms. The largest absolute Gasteiger partial charge is 0.368 e. The van der Waals surface area contributed by atoms with Gasteiger partial charge in [-0.3, -0.25) is 0 Å². The Morgan fingerprint density at radius 1 is 0.944 bits per heavy atom. The number of rotatable bonds is 2. The van der Waals surface area contributed by atoms with Crippen LogP contribution in [0, 0.1) is 0 Å². The molecule has 0 amide bonds. The standard InChI is InChI=1S/C11H9Cl2N5/c12-7-3-1-6(8(13)5-7)2-4-9-16-10(14)18-11(15)17-9/h1-5H,(H4,14,15,16,17,18)/b4-2+. The lowest BCUT2D eigenvalue weighted by atomic mass is 10.2. The van der Waals surface area contributed by atoms with E-state index < -0.39 is 0 Å². The summed E-state index contributed by atoms with van der Waals surface area (Å²) >= 11 is 11.8. The summed E-state index contributed by atoms with van der Waals surface area (Å²) in [7, 11) is 0. The monoisotopic (exact) mass is 281 g/mol. The molecule has 7 heteroatoms. The van der Waals surface area contributed by atoms with Gasteiger partial charge in [0.15, 0.2) is 5.82 Å². The Hall–Kier alpha value is -1.85. The second-order valence-corrected chi connectivity index (χ2v) is 4.25. The molecule has 2 rings (SSSR count). The number of hydrogen-bond donors (Lipinski definition) is 2. The van der Waals surface area contributed by atoms with Crippen LogP contribution >= 0.6 is 23.2 Å². The summed E-state index contributed by atoms with van der Waals surface area (Å²) in [6.07, 6.45) is 3.39. The van der Waals surface area contributed by atoms with Gasteiger partial charge in [0.25, 0.3) is 0 Å². The molecule has 1 aromatic heterocycles. The van der Waals surface area contributed by atoms with Crippen molar-refractivity contribution in [1.29, 1.82) is 0 Å². The maximum absolute atomic E-state index is 6.02. The first kappa shape index (κ1) is 12.6. The highest BCUT2D eigenvalue weighted by Crippen LogP contribution is 2.22. The predicted octanol–water partition coefficient (Wildman–Crippen LogP) is 2.51. The number of hydrogen-bond acceptors (Lipinski definition) is 5. The smallest absolute Gasteiger partial charge is 0.225 e. The lowest BCUT2D eigenvalue weighted by Gasteiger charge is -1.99. The number of halogens is 2. The number of aromatic nitrogens is 3. The van der Waals surface area contributed by atoms with Crippen LogP contribution < -0.4 is 11.5 Å². The van der Waals surface area contributed by atoms with Crippen LogP contribution in [0.15, 0.2) is 18.2 Å². The fraction of sp³-hybridized carbons (Fsp3) is 0. The summed E-state index contributed by atoms with van der Waals surface area (Å²) in [6, 6.07) is 5.18. The van der Waals surface area contributed by atoms with Crippen molar-refractivity contribution in [1.82, 2.24) is 15.0 Å². The summed E-state index contributed by atoms with van der Waals surface area (Å²) < 4.78 is 0. The van der Waals surface area contributed by atoms with Crippen molar-refractivity contribution in [3.63, 3.8) is 0 Å². The van der Waals surface area contributed by atoms with Crippen molar-refractivity contribution < 1.29 is 0 Å². The Bertz CT molecular complexity index is 592. The first-order valence-electron chi connectivity index (χ1n) is 4.95. The quantitative estimate of drug-likeness (QED) is 0.883. The van der Waals surface area contributed by atoms with Crippen LogP contribution in [0.1, 0.15) is 11.4 Å². The number of benzene rings is 1. The highest BCUT2D eigenvalue weighted by molar-refractivity contribution is 6.35. The number of nitrogens with two attached hydrogens (primary N) is 2. The van der Waals surface area contributed by atoms with Gasteiger partial charge in [-0.25, -0.2) is 0 Å². The third-order valence-corrected chi connectivity index (χ3v) is 2.62. The zero-order valence-electron chi connectivity index (χ0n) is 9.14. The molecule has 0 spiro atoms. The molecule has 0 saturated heterocycles. The highest BCUT2D eigenvalue weighted by atomic mass is 35.5. The molecule has 0 aliphatic carbocycles. The van der Waals surface area contributed by atoms with Gasteiger partial charge < -0.3 is 11.5 Å². The molecule has 0 saturated carbocycles. The van der Waals surface area contributed by atoms with Gasteiger partial charge in [0.1, 0.15) is 0 Å². The van der Waals surface area contributed by atoms with E-state index in [2.05, 4.69) is 15.0 Å². The fourth-order valence-corrected chi connectivity index (χ4v) is 1.77. The van der Waals surface area contributed by atoms with Crippen LogP contribution in [-0.2, 0) is 0 Å². The van der Waals surface area contributed by atoms with E-state index in [9.17, 15) is 0 Å². The van der Waals surface area contributed by atoms with Crippen molar-refractivity contribution in [2.24, 2.45) is 0 Å². The van der Waals surface area contributed by atoms with E-state index in [1.165, 1.54) is 0 Å². The fourth-order valence-electron chi connectivity index (χ4n) is 1.30. The molecule has 1 heterocycles. The van der Waals surface area contributed by atoms with E-state index in [1.807, 2.05) is 0 Å². The molecule has 92 valence electrons. The average Bonchev–Trinajstić information content (AvgIpc) is 2.26. The van der Waals surface area contributed by atoms with Crippen molar-refractivity contribution in [2.45, 2.75) is 0 Å². The first-order valence-corrected chi connectivity index (χ1v) is 5.70. The number of nitrogen functional groups attached to an aromatic ring is 2. The Morgan fingerprint density at radius 3 is 2.22 bits per heavy atom. The van der Waals surface area contributed by atoms with Gasteiger partial charge in [0.2, 0.25) is 11.9 Å². The Morgan fingerprint density at radius 2 is 1.61 bits per heavy atom. The van der Waals surface area contributed by atoms with E-state index >= 15 is 0 Å². The van der Waals surface area contributed by atoms with Gasteiger partial charge in [0.05, 0.1) is 0 Å².